The molecule has 0 aromatic heterocycles. The highest BCUT2D eigenvalue weighted by molar-refractivity contribution is 5.81. The third kappa shape index (κ3) is 9.64. The van der Waals surface area contributed by atoms with Crippen molar-refractivity contribution in [3.05, 3.63) is 0 Å². The van der Waals surface area contributed by atoms with Crippen molar-refractivity contribution in [3.8, 4) is 11.8 Å². The van der Waals surface area contributed by atoms with E-state index in [0.717, 1.165) is 0 Å². The molecule has 0 aromatic carbocycles. The highest BCUT2D eigenvalue weighted by Gasteiger charge is 2.24. The van der Waals surface area contributed by atoms with Gasteiger partial charge in [-0.05, 0) is 20.8 Å². The Morgan fingerprint density at radius 1 is 1.09 bits per heavy atom. The minimum absolute atomic E-state index is 0.0626. The SMILES string of the molecule is COC(=O)CCC#CCC(NC(=O)OC(C)(C)C)C(=O)OC. The van der Waals surface area contributed by atoms with Gasteiger partial charge in [-0.25, -0.2) is 9.59 Å². The van der Waals surface area contributed by atoms with Crippen molar-refractivity contribution >= 4 is 18.0 Å². The predicted octanol–water partition coefficient (Wildman–Crippen LogP) is 1.40. The van der Waals surface area contributed by atoms with Crippen LogP contribution in [0.5, 0.6) is 0 Å². The van der Waals surface area contributed by atoms with Gasteiger partial charge in [0.2, 0.25) is 0 Å². The standard InChI is InChI=1S/C15H23NO6/c1-15(2,3)22-14(19)16-11(13(18)21-5)9-7-6-8-10-12(17)20-4/h11H,8-10H2,1-5H3,(H,16,19). The Morgan fingerprint density at radius 3 is 2.23 bits per heavy atom. The van der Waals surface area contributed by atoms with Crippen molar-refractivity contribution in [2.24, 2.45) is 0 Å². The van der Waals surface area contributed by atoms with Crippen LogP contribution >= 0.6 is 0 Å². The van der Waals surface area contributed by atoms with Gasteiger partial charge in [0.15, 0.2) is 0 Å². The van der Waals surface area contributed by atoms with E-state index in [1.165, 1.54) is 14.2 Å². The Labute approximate surface area is 130 Å². The summed E-state index contributed by atoms with van der Waals surface area (Å²) in [6, 6.07) is -0.925. The Balaban J connectivity index is 4.48. The molecule has 0 aromatic rings. The van der Waals surface area contributed by atoms with Gasteiger partial charge in [0.25, 0.3) is 0 Å². The quantitative estimate of drug-likeness (QED) is 0.469. The van der Waals surface area contributed by atoms with Crippen LogP contribution in [0.4, 0.5) is 4.79 Å². The van der Waals surface area contributed by atoms with Crippen LogP contribution in [0, 0.1) is 11.8 Å². The van der Waals surface area contributed by atoms with E-state index in [1.54, 1.807) is 20.8 Å². The van der Waals surface area contributed by atoms with E-state index >= 15 is 0 Å². The van der Waals surface area contributed by atoms with E-state index in [9.17, 15) is 14.4 Å². The summed E-state index contributed by atoms with van der Waals surface area (Å²) in [7, 11) is 2.52. The molecule has 0 aliphatic carbocycles. The Hall–Kier alpha value is -2.23. The number of rotatable bonds is 5. The van der Waals surface area contributed by atoms with Crippen LogP contribution in [0.1, 0.15) is 40.0 Å². The zero-order valence-corrected chi connectivity index (χ0v) is 13.6. The zero-order chi connectivity index (χ0) is 17.2. The number of carbonyl (C=O) groups excluding carboxylic acids is 3. The van der Waals surface area contributed by atoms with Gasteiger partial charge in [-0.1, -0.05) is 0 Å². The molecule has 0 saturated heterocycles. The topological polar surface area (TPSA) is 90.9 Å². The number of esters is 2. The second-order valence-electron chi connectivity index (χ2n) is 5.36. The fraction of sp³-hybridized carbons (Fsp3) is 0.667. The van der Waals surface area contributed by atoms with Crippen LogP contribution in [0.25, 0.3) is 0 Å². The number of hydrogen-bond donors (Lipinski definition) is 1. The summed E-state index contributed by atoms with van der Waals surface area (Å²) in [5.74, 6) is 4.48. The number of amides is 1. The summed E-state index contributed by atoms with van der Waals surface area (Å²) in [6.07, 6.45) is -0.175. The van der Waals surface area contributed by atoms with Crippen LogP contribution in [0.3, 0.4) is 0 Å². The van der Waals surface area contributed by atoms with Crippen LogP contribution in [0.15, 0.2) is 0 Å². The summed E-state index contributed by atoms with van der Waals surface area (Å²) >= 11 is 0. The maximum atomic E-state index is 11.7. The van der Waals surface area contributed by atoms with E-state index in [0.29, 0.717) is 6.42 Å². The lowest BCUT2D eigenvalue weighted by Gasteiger charge is -2.21. The largest absolute Gasteiger partial charge is 0.469 e. The third-order valence-electron chi connectivity index (χ3n) is 2.29. The van der Waals surface area contributed by atoms with Crippen molar-refractivity contribution in [3.63, 3.8) is 0 Å². The van der Waals surface area contributed by atoms with Gasteiger partial charge in [0.05, 0.1) is 20.6 Å². The van der Waals surface area contributed by atoms with Gasteiger partial charge in [0, 0.05) is 12.8 Å². The first-order valence-corrected chi connectivity index (χ1v) is 6.79. The first-order valence-electron chi connectivity index (χ1n) is 6.79. The molecule has 0 radical (unpaired) electrons. The molecule has 0 aliphatic heterocycles. The van der Waals surface area contributed by atoms with Crippen LogP contribution in [-0.2, 0) is 23.8 Å². The number of hydrogen-bond acceptors (Lipinski definition) is 6. The molecule has 1 N–H and O–H groups in total. The molecule has 0 fully saturated rings. The number of methoxy groups -OCH3 is 2. The molecule has 0 rings (SSSR count). The summed E-state index contributed by atoms with van der Waals surface area (Å²) in [5, 5.41) is 2.41. The van der Waals surface area contributed by atoms with E-state index in [2.05, 4.69) is 26.6 Å². The lowest BCUT2D eigenvalue weighted by atomic mass is 10.2. The number of nitrogens with one attached hydrogen (secondary N) is 1. The van der Waals surface area contributed by atoms with Gasteiger partial charge in [-0.15, -0.1) is 11.8 Å². The minimum atomic E-state index is -0.925. The highest BCUT2D eigenvalue weighted by atomic mass is 16.6. The van der Waals surface area contributed by atoms with Gasteiger partial charge in [-0.2, -0.15) is 0 Å². The van der Waals surface area contributed by atoms with Crippen molar-refractivity contribution < 1.29 is 28.6 Å². The van der Waals surface area contributed by atoms with Crippen molar-refractivity contribution in [2.75, 3.05) is 14.2 Å². The smallest absolute Gasteiger partial charge is 0.408 e. The molecular weight excluding hydrogens is 290 g/mol. The van der Waals surface area contributed by atoms with Crippen molar-refractivity contribution in [1.29, 1.82) is 0 Å². The van der Waals surface area contributed by atoms with Crippen LogP contribution < -0.4 is 5.32 Å². The second kappa shape index (κ2) is 9.66. The zero-order valence-electron chi connectivity index (χ0n) is 13.6. The predicted molar refractivity (Wildman–Crippen MR) is 78.8 cm³/mol. The molecular formula is C15H23NO6. The second-order valence-corrected chi connectivity index (χ2v) is 5.36. The summed E-state index contributed by atoms with van der Waals surface area (Å²) < 4.78 is 14.2. The van der Waals surface area contributed by atoms with Crippen LogP contribution in [0.2, 0.25) is 0 Å². The van der Waals surface area contributed by atoms with E-state index in [-0.39, 0.29) is 18.8 Å². The molecule has 0 aliphatic rings. The molecule has 1 unspecified atom stereocenters. The molecule has 7 nitrogen and oxygen atoms in total. The normalized spacial score (nSPS) is 11.5. The number of carbonyl (C=O) groups is 3. The van der Waals surface area contributed by atoms with E-state index < -0.39 is 23.7 Å². The first-order chi connectivity index (χ1) is 10.2. The number of ether oxygens (including phenoxy) is 3. The summed E-state index contributed by atoms with van der Waals surface area (Å²) in [5.41, 5.74) is -0.670. The van der Waals surface area contributed by atoms with Crippen LogP contribution in [-0.4, -0.2) is 43.9 Å². The third-order valence-corrected chi connectivity index (χ3v) is 2.29. The summed E-state index contributed by atoms with van der Waals surface area (Å²) in [4.78, 5) is 34.2. The first kappa shape index (κ1) is 19.8. The Kier molecular flexibility index (Phi) is 8.68. The minimum Gasteiger partial charge on any atom is -0.469 e. The number of alkyl carbamates (subject to hydrolysis) is 1. The van der Waals surface area contributed by atoms with Crippen molar-refractivity contribution in [1.82, 2.24) is 5.32 Å². The monoisotopic (exact) mass is 313 g/mol. The molecule has 7 heteroatoms. The Morgan fingerprint density at radius 2 is 1.73 bits per heavy atom. The Bertz CT molecular complexity index is 455. The molecule has 0 bridgehead atoms. The molecule has 124 valence electrons. The molecule has 1 atom stereocenters. The van der Waals surface area contributed by atoms with E-state index in [1.807, 2.05) is 0 Å². The van der Waals surface area contributed by atoms with Gasteiger partial charge >= 0.3 is 18.0 Å². The van der Waals surface area contributed by atoms with Crippen molar-refractivity contribution in [2.45, 2.75) is 51.7 Å². The summed E-state index contributed by atoms with van der Waals surface area (Å²) in [6.45, 7) is 5.14. The maximum Gasteiger partial charge on any atom is 0.408 e. The average Bonchev–Trinajstić information content (AvgIpc) is 2.42. The fourth-order valence-corrected chi connectivity index (χ4v) is 1.31. The lowest BCUT2D eigenvalue weighted by molar-refractivity contribution is -0.143. The fourth-order valence-electron chi connectivity index (χ4n) is 1.31. The molecule has 1 amide bonds. The highest BCUT2D eigenvalue weighted by Crippen LogP contribution is 2.07. The lowest BCUT2D eigenvalue weighted by Crippen LogP contribution is -2.43. The average molecular weight is 313 g/mol. The maximum absolute atomic E-state index is 11.7. The molecule has 22 heavy (non-hydrogen) atoms. The van der Waals surface area contributed by atoms with Gasteiger partial charge < -0.3 is 19.5 Å². The van der Waals surface area contributed by atoms with Gasteiger partial charge in [-0.3, -0.25) is 4.79 Å². The van der Waals surface area contributed by atoms with E-state index in [4.69, 9.17) is 4.74 Å². The molecule has 0 spiro atoms. The molecule has 0 saturated carbocycles. The van der Waals surface area contributed by atoms with Gasteiger partial charge in [0.1, 0.15) is 11.6 Å². The molecule has 0 heterocycles.